The first-order chi connectivity index (χ1) is 11.9. The van der Waals surface area contributed by atoms with Crippen molar-refractivity contribution >= 4 is 44.5 Å². The molecule has 1 heterocycles. The molecule has 25 heavy (non-hydrogen) atoms. The molecule has 0 aliphatic rings. The van der Waals surface area contributed by atoms with Crippen LogP contribution in [0.25, 0.3) is 11.0 Å². The second-order valence-electron chi connectivity index (χ2n) is 5.57. The summed E-state index contributed by atoms with van der Waals surface area (Å²) in [5.74, 6) is -0.586. The molecular formula is C19H16BrNO4. The van der Waals surface area contributed by atoms with Crippen molar-refractivity contribution in [3.63, 3.8) is 0 Å². The van der Waals surface area contributed by atoms with Gasteiger partial charge in [-0.15, -0.1) is 0 Å². The lowest BCUT2D eigenvalue weighted by Gasteiger charge is -2.19. The summed E-state index contributed by atoms with van der Waals surface area (Å²) in [6.07, 6.45) is 0. The standard InChI is InChI=1S/C19H16BrNO4/c1-11-14-10-12(20)8-9-16(14)25-17(11)18(22)21(2)15-7-5-4-6-13(15)19(23)24-3/h4-10H,1-3H3. The van der Waals surface area contributed by atoms with Crippen LogP contribution in [0.15, 0.2) is 51.4 Å². The summed E-state index contributed by atoms with van der Waals surface area (Å²) in [7, 11) is 2.91. The fraction of sp³-hybridized carbons (Fsp3) is 0.158. The van der Waals surface area contributed by atoms with Gasteiger partial charge < -0.3 is 14.1 Å². The summed E-state index contributed by atoms with van der Waals surface area (Å²) in [6, 6.07) is 12.4. The summed E-state index contributed by atoms with van der Waals surface area (Å²) >= 11 is 3.42. The molecule has 128 valence electrons. The number of carbonyl (C=O) groups is 2. The molecule has 0 N–H and O–H groups in total. The number of rotatable bonds is 3. The van der Waals surface area contributed by atoms with Gasteiger partial charge >= 0.3 is 5.97 Å². The maximum atomic E-state index is 13.0. The smallest absolute Gasteiger partial charge is 0.339 e. The number of hydrogen-bond donors (Lipinski definition) is 0. The third-order valence-electron chi connectivity index (χ3n) is 4.07. The van der Waals surface area contributed by atoms with Crippen LogP contribution in [-0.2, 0) is 4.74 Å². The van der Waals surface area contributed by atoms with Gasteiger partial charge in [-0.2, -0.15) is 0 Å². The zero-order chi connectivity index (χ0) is 18.1. The Bertz CT molecular complexity index is 977. The molecule has 5 nitrogen and oxygen atoms in total. The molecule has 3 aromatic rings. The van der Waals surface area contributed by atoms with Crippen molar-refractivity contribution in [3.05, 3.63) is 63.8 Å². The van der Waals surface area contributed by atoms with Crippen molar-refractivity contribution in [1.29, 1.82) is 0 Å². The summed E-state index contributed by atoms with van der Waals surface area (Å²) in [6.45, 7) is 1.84. The number of amides is 1. The van der Waals surface area contributed by atoms with Crippen molar-refractivity contribution < 1.29 is 18.7 Å². The van der Waals surface area contributed by atoms with Gasteiger partial charge in [-0.3, -0.25) is 4.79 Å². The topological polar surface area (TPSA) is 59.8 Å². The largest absolute Gasteiger partial charge is 0.465 e. The van der Waals surface area contributed by atoms with Crippen LogP contribution in [0.4, 0.5) is 5.69 Å². The molecule has 0 radical (unpaired) electrons. The number of fused-ring (bicyclic) bond motifs is 1. The number of furan rings is 1. The van der Waals surface area contributed by atoms with Crippen LogP contribution in [0.5, 0.6) is 0 Å². The van der Waals surface area contributed by atoms with Crippen LogP contribution in [0.3, 0.4) is 0 Å². The van der Waals surface area contributed by atoms with E-state index in [1.165, 1.54) is 12.0 Å². The SMILES string of the molecule is COC(=O)c1ccccc1N(C)C(=O)c1oc2ccc(Br)cc2c1C. The zero-order valence-corrected chi connectivity index (χ0v) is 15.6. The Hall–Kier alpha value is -2.60. The Labute approximate surface area is 153 Å². The Kier molecular flexibility index (Phi) is 4.63. The Morgan fingerprint density at radius 2 is 1.88 bits per heavy atom. The van der Waals surface area contributed by atoms with Gasteiger partial charge in [-0.1, -0.05) is 28.1 Å². The fourth-order valence-corrected chi connectivity index (χ4v) is 3.07. The highest BCUT2D eigenvalue weighted by Gasteiger charge is 2.25. The minimum Gasteiger partial charge on any atom is -0.465 e. The van der Waals surface area contributed by atoms with E-state index in [0.717, 1.165) is 15.4 Å². The minimum atomic E-state index is -0.500. The monoisotopic (exact) mass is 401 g/mol. The predicted molar refractivity (Wildman–Crippen MR) is 99.2 cm³/mol. The molecule has 6 heteroatoms. The average Bonchev–Trinajstić information content (AvgIpc) is 2.96. The number of carbonyl (C=O) groups excluding carboxylic acids is 2. The first-order valence-electron chi connectivity index (χ1n) is 7.58. The van der Waals surface area contributed by atoms with E-state index in [-0.39, 0.29) is 11.7 Å². The van der Waals surface area contributed by atoms with E-state index in [1.807, 2.05) is 25.1 Å². The number of hydrogen-bond acceptors (Lipinski definition) is 4. The van der Waals surface area contributed by atoms with Gasteiger partial charge in [0.15, 0.2) is 5.76 Å². The number of halogens is 1. The van der Waals surface area contributed by atoms with E-state index in [2.05, 4.69) is 15.9 Å². The summed E-state index contributed by atoms with van der Waals surface area (Å²) in [5, 5.41) is 0.868. The van der Waals surface area contributed by atoms with Crippen LogP contribution >= 0.6 is 15.9 Å². The summed E-state index contributed by atoms with van der Waals surface area (Å²) in [5.41, 5.74) is 2.17. The summed E-state index contributed by atoms with van der Waals surface area (Å²) in [4.78, 5) is 26.3. The Morgan fingerprint density at radius 1 is 1.16 bits per heavy atom. The molecule has 0 atom stereocenters. The number of aryl methyl sites for hydroxylation is 1. The lowest BCUT2D eigenvalue weighted by molar-refractivity contribution is 0.0601. The maximum absolute atomic E-state index is 13.0. The third kappa shape index (κ3) is 3.05. The number of anilines is 1. The van der Waals surface area contributed by atoms with E-state index < -0.39 is 5.97 Å². The van der Waals surface area contributed by atoms with Gasteiger partial charge in [-0.05, 0) is 37.3 Å². The molecule has 0 spiro atoms. The fourth-order valence-electron chi connectivity index (χ4n) is 2.71. The molecule has 3 rings (SSSR count). The van der Waals surface area contributed by atoms with E-state index in [4.69, 9.17) is 9.15 Å². The molecular weight excluding hydrogens is 386 g/mol. The molecule has 0 aliphatic carbocycles. The highest BCUT2D eigenvalue weighted by Crippen LogP contribution is 2.30. The molecule has 0 bridgehead atoms. The molecule has 2 aromatic carbocycles. The van der Waals surface area contributed by atoms with Gasteiger partial charge in [-0.25, -0.2) is 4.79 Å². The first-order valence-corrected chi connectivity index (χ1v) is 8.37. The van der Waals surface area contributed by atoms with Crippen molar-refractivity contribution in [2.45, 2.75) is 6.92 Å². The number of ether oxygens (including phenoxy) is 1. The van der Waals surface area contributed by atoms with Crippen molar-refractivity contribution in [3.8, 4) is 0 Å². The van der Waals surface area contributed by atoms with Crippen molar-refractivity contribution in [2.75, 3.05) is 19.1 Å². The second kappa shape index (κ2) is 6.72. The number of para-hydroxylation sites is 1. The van der Waals surface area contributed by atoms with Crippen LogP contribution in [0, 0.1) is 6.92 Å². The lowest BCUT2D eigenvalue weighted by atomic mass is 10.1. The van der Waals surface area contributed by atoms with Crippen LogP contribution in [0.2, 0.25) is 0 Å². The number of methoxy groups -OCH3 is 1. The minimum absolute atomic E-state index is 0.246. The molecule has 0 unspecified atom stereocenters. The van der Waals surface area contributed by atoms with E-state index in [1.54, 1.807) is 31.3 Å². The second-order valence-corrected chi connectivity index (χ2v) is 6.49. The quantitative estimate of drug-likeness (QED) is 0.603. The number of esters is 1. The highest BCUT2D eigenvalue weighted by molar-refractivity contribution is 9.10. The zero-order valence-electron chi connectivity index (χ0n) is 14.0. The van der Waals surface area contributed by atoms with Crippen molar-refractivity contribution in [2.24, 2.45) is 0 Å². The van der Waals surface area contributed by atoms with E-state index in [9.17, 15) is 9.59 Å². The average molecular weight is 402 g/mol. The van der Waals surface area contributed by atoms with E-state index >= 15 is 0 Å². The van der Waals surface area contributed by atoms with E-state index in [0.29, 0.717) is 16.8 Å². The number of benzene rings is 2. The molecule has 0 aliphatic heterocycles. The summed E-state index contributed by atoms with van der Waals surface area (Å²) < 4.78 is 11.5. The molecule has 1 amide bonds. The molecule has 0 saturated heterocycles. The Balaban J connectivity index is 2.05. The third-order valence-corrected chi connectivity index (χ3v) is 4.56. The van der Waals surface area contributed by atoms with Gasteiger partial charge in [0.1, 0.15) is 5.58 Å². The first kappa shape index (κ1) is 17.2. The Morgan fingerprint density at radius 3 is 2.60 bits per heavy atom. The van der Waals surface area contributed by atoms with Gasteiger partial charge in [0.2, 0.25) is 0 Å². The van der Waals surface area contributed by atoms with Gasteiger partial charge in [0.05, 0.1) is 18.4 Å². The lowest BCUT2D eigenvalue weighted by Crippen LogP contribution is -2.28. The van der Waals surface area contributed by atoms with Crippen LogP contribution in [-0.4, -0.2) is 26.0 Å². The predicted octanol–water partition coefficient (Wildman–Crippen LogP) is 4.57. The van der Waals surface area contributed by atoms with Gasteiger partial charge in [0.25, 0.3) is 5.91 Å². The highest BCUT2D eigenvalue weighted by atomic mass is 79.9. The molecule has 0 saturated carbocycles. The normalized spacial score (nSPS) is 10.7. The molecule has 1 aromatic heterocycles. The number of nitrogens with zero attached hydrogens (tertiary/aromatic N) is 1. The van der Waals surface area contributed by atoms with Crippen molar-refractivity contribution in [1.82, 2.24) is 0 Å². The van der Waals surface area contributed by atoms with Crippen LogP contribution in [0.1, 0.15) is 26.5 Å². The maximum Gasteiger partial charge on any atom is 0.339 e. The van der Waals surface area contributed by atoms with Crippen LogP contribution < -0.4 is 4.90 Å². The van der Waals surface area contributed by atoms with Gasteiger partial charge in [0, 0.05) is 22.5 Å². The molecule has 0 fully saturated rings.